The predicted molar refractivity (Wildman–Crippen MR) is 84.3 cm³/mol. The van der Waals surface area contributed by atoms with Crippen LogP contribution >= 0.6 is 15.9 Å². The van der Waals surface area contributed by atoms with E-state index in [-0.39, 0.29) is 11.8 Å². The van der Waals surface area contributed by atoms with Gasteiger partial charge in [0.1, 0.15) is 4.60 Å². The molecular formula is C15H14BrN3O2. The van der Waals surface area contributed by atoms with Crippen molar-refractivity contribution in [2.24, 2.45) is 0 Å². The SMILES string of the molecule is CN(C)C(=O)c1ccccc1NC(=O)c1ccnc(Br)c1. The van der Waals surface area contributed by atoms with E-state index in [0.717, 1.165) is 0 Å². The second-order valence-corrected chi connectivity index (χ2v) is 5.38. The van der Waals surface area contributed by atoms with Gasteiger partial charge in [-0.2, -0.15) is 0 Å². The van der Waals surface area contributed by atoms with Gasteiger partial charge in [0.25, 0.3) is 11.8 Å². The first-order chi connectivity index (χ1) is 9.99. The summed E-state index contributed by atoms with van der Waals surface area (Å²) < 4.78 is 0.577. The number of para-hydroxylation sites is 1. The van der Waals surface area contributed by atoms with Gasteiger partial charge in [0.05, 0.1) is 11.3 Å². The third kappa shape index (κ3) is 3.66. The van der Waals surface area contributed by atoms with Crippen LogP contribution in [0.5, 0.6) is 0 Å². The van der Waals surface area contributed by atoms with E-state index >= 15 is 0 Å². The fourth-order valence-corrected chi connectivity index (χ4v) is 2.12. The van der Waals surface area contributed by atoms with Crippen LogP contribution in [0, 0.1) is 0 Å². The summed E-state index contributed by atoms with van der Waals surface area (Å²) in [5.74, 6) is -0.459. The van der Waals surface area contributed by atoms with E-state index in [4.69, 9.17) is 0 Å². The Bertz CT molecular complexity index is 686. The Morgan fingerprint density at radius 2 is 1.90 bits per heavy atom. The molecule has 5 nitrogen and oxygen atoms in total. The number of halogens is 1. The highest BCUT2D eigenvalue weighted by atomic mass is 79.9. The van der Waals surface area contributed by atoms with Gasteiger partial charge in [-0.3, -0.25) is 9.59 Å². The van der Waals surface area contributed by atoms with Crippen molar-refractivity contribution in [3.63, 3.8) is 0 Å². The van der Waals surface area contributed by atoms with Gasteiger partial charge in [0, 0.05) is 25.9 Å². The molecule has 1 aromatic heterocycles. The number of nitrogens with one attached hydrogen (secondary N) is 1. The molecule has 21 heavy (non-hydrogen) atoms. The molecule has 2 amide bonds. The third-order valence-electron chi connectivity index (χ3n) is 2.80. The molecule has 0 aliphatic heterocycles. The van der Waals surface area contributed by atoms with Crippen LogP contribution in [0.3, 0.4) is 0 Å². The maximum Gasteiger partial charge on any atom is 0.255 e. The summed E-state index contributed by atoms with van der Waals surface area (Å²) >= 11 is 3.22. The van der Waals surface area contributed by atoms with Gasteiger partial charge in [-0.25, -0.2) is 4.98 Å². The van der Waals surface area contributed by atoms with Crippen LogP contribution < -0.4 is 5.32 Å². The second kappa shape index (κ2) is 6.49. The molecule has 0 aliphatic rings. The number of pyridine rings is 1. The van der Waals surface area contributed by atoms with Crippen LogP contribution in [0.15, 0.2) is 47.2 Å². The molecule has 0 radical (unpaired) electrons. The zero-order valence-corrected chi connectivity index (χ0v) is 13.2. The number of anilines is 1. The number of rotatable bonds is 3. The largest absolute Gasteiger partial charge is 0.345 e. The summed E-state index contributed by atoms with van der Waals surface area (Å²) in [5.41, 5.74) is 1.39. The van der Waals surface area contributed by atoms with Crippen molar-refractivity contribution >= 4 is 33.4 Å². The molecule has 0 unspecified atom stereocenters. The molecule has 0 saturated heterocycles. The zero-order valence-electron chi connectivity index (χ0n) is 11.6. The van der Waals surface area contributed by atoms with Gasteiger partial charge >= 0.3 is 0 Å². The number of benzene rings is 1. The highest BCUT2D eigenvalue weighted by molar-refractivity contribution is 9.10. The van der Waals surface area contributed by atoms with E-state index in [1.807, 2.05) is 0 Å². The number of hydrogen-bond donors (Lipinski definition) is 1. The lowest BCUT2D eigenvalue weighted by molar-refractivity contribution is 0.0828. The van der Waals surface area contributed by atoms with E-state index in [1.165, 1.54) is 11.1 Å². The summed E-state index contributed by atoms with van der Waals surface area (Å²) in [6.07, 6.45) is 1.54. The topological polar surface area (TPSA) is 62.3 Å². The third-order valence-corrected chi connectivity index (χ3v) is 3.23. The molecule has 0 saturated carbocycles. The summed E-state index contributed by atoms with van der Waals surface area (Å²) in [4.78, 5) is 29.8. The van der Waals surface area contributed by atoms with Crippen molar-refractivity contribution < 1.29 is 9.59 Å². The Hall–Kier alpha value is -2.21. The lowest BCUT2D eigenvalue weighted by Crippen LogP contribution is -2.24. The molecule has 0 spiro atoms. The van der Waals surface area contributed by atoms with Crippen molar-refractivity contribution in [1.82, 2.24) is 9.88 Å². The number of hydrogen-bond acceptors (Lipinski definition) is 3. The molecule has 1 heterocycles. The summed E-state index contributed by atoms with van der Waals surface area (Å²) in [6, 6.07) is 10.1. The van der Waals surface area contributed by atoms with Crippen LogP contribution in [0.2, 0.25) is 0 Å². The molecule has 6 heteroatoms. The lowest BCUT2D eigenvalue weighted by Gasteiger charge is -2.14. The molecule has 0 bridgehead atoms. The average molecular weight is 348 g/mol. The van der Waals surface area contributed by atoms with Gasteiger partial charge in [0.2, 0.25) is 0 Å². The van der Waals surface area contributed by atoms with Crippen LogP contribution in [0.4, 0.5) is 5.69 Å². The highest BCUT2D eigenvalue weighted by Gasteiger charge is 2.15. The first-order valence-electron chi connectivity index (χ1n) is 6.22. The van der Waals surface area contributed by atoms with Crippen LogP contribution in [-0.2, 0) is 0 Å². The fraction of sp³-hybridized carbons (Fsp3) is 0.133. The van der Waals surface area contributed by atoms with Gasteiger partial charge in [-0.1, -0.05) is 12.1 Å². The quantitative estimate of drug-likeness (QED) is 0.868. The number of amides is 2. The van der Waals surface area contributed by atoms with E-state index < -0.39 is 0 Å². The molecule has 0 fully saturated rings. The van der Waals surface area contributed by atoms with Crippen molar-refractivity contribution in [3.05, 3.63) is 58.3 Å². The lowest BCUT2D eigenvalue weighted by atomic mass is 10.1. The maximum atomic E-state index is 12.2. The molecule has 108 valence electrons. The van der Waals surface area contributed by atoms with Crippen molar-refractivity contribution in [2.75, 3.05) is 19.4 Å². The number of carbonyl (C=O) groups excluding carboxylic acids is 2. The standard InChI is InChI=1S/C15H14BrN3O2/c1-19(2)15(21)11-5-3-4-6-12(11)18-14(20)10-7-8-17-13(16)9-10/h3-9H,1-2H3,(H,18,20). The zero-order chi connectivity index (χ0) is 15.4. The van der Waals surface area contributed by atoms with Crippen molar-refractivity contribution in [3.8, 4) is 0 Å². The van der Waals surface area contributed by atoms with E-state index in [0.29, 0.717) is 21.4 Å². The Kier molecular flexibility index (Phi) is 4.70. The minimum Gasteiger partial charge on any atom is -0.345 e. The molecule has 0 aliphatic carbocycles. The summed E-state index contributed by atoms with van der Waals surface area (Å²) in [6.45, 7) is 0. The van der Waals surface area contributed by atoms with Crippen LogP contribution in [-0.4, -0.2) is 35.8 Å². The van der Waals surface area contributed by atoms with Gasteiger partial charge in [0.15, 0.2) is 0 Å². The first-order valence-corrected chi connectivity index (χ1v) is 7.02. The Balaban J connectivity index is 2.28. The van der Waals surface area contributed by atoms with Crippen molar-refractivity contribution in [2.45, 2.75) is 0 Å². The van der Waals surface area contributed by atoms with E-state index in [1.54, 1.807) is 50.5 Å². The molecule has 1 aromatic carbocycles. The fourth-order valence-electron chi connectivity index (χ4n) is 1.76. The highest BCUT2D eigenvalue weighted by Crippen LogP contribution is 2.18. The van der Waals surface area contributed by atoms with Crippen LogP contribution in [0.25, 0.3) is 0 Å². The first kappa shape index (κ1) is 15.2. The smallest absolute Gasteiger partial charge is 0.255 e. The maximum absolute atomic E-state index is 12.2. The average Bonchev–Trinajstić information content (AvgIpc) is 2.47. The molecule has 1 N–H and O–H groups in total. The monoisotopic (exact) mass is 347 g/mol. The normalized spacial score (nSPS) is 10.0. The summed E-state index contributed by atoms with van der Waals surface area (Å²) in [7, 11) is 3.34. The Morgan fingerprint density at radius 3 is 2.57 bits per heavy atom. The molecule has 2 rings (SSSR count). The minimum absolute atomic E-state index is 0.165. The predicted octanol–water partition coefficient (Wildman–Crippen LogP) is 2.80. The van der Waals surface area contributed by atoms with Crippen LogP contribution in [0.1, 0.15) is 20.7 Å². The number of aromatic nitrogens is 1. The van der Waals surface area contributed by atoms with E-state index in [9.17, 15) is 9.59 Å². The van der Waals surface area contributed by atoms with Crippen molar-refractivity contribution in [1.29, 1.82) is 0 Å². The molecule has 2 aromatic rings. The Labute approximate surface area is 131 Å². The Morgan fingerprint density at radius 1 is 1.19 bits per heavy atom. The number of nitrogens with zero attached hydrogens (tertiary/aromatic N) is 2. The minimum atomic E-state index is -0.294. The van der Waals surface area contributed by atoms with E-state index in [2.05, 4.69) is 26.2 Å². The molecule has 0 atom stereocenters. The van der Waals surface area contributed by atoms with Gasteiger partial charge in [-0.15, -0.1) is 0 Å². The van der Waals surface area contributed by atoms with Gasteiger partial charge < -0.3 is 10.2 Å². The second-order valence-electron chi connectivity index (χ2n) is 4.57. The van der Waals surface area contributed by atoms with Gasteiger partial charge in [-0.05, 0) is 40.2 Å². The number of carbonyl (C=O) groups is 2. The summed E-state index contributed by atoms with van der Waals surface area (Å²) in [5, 5.41) is 2.75. The molecular weight excluding hydrogens is 334 g/mol.